The molecule has 0 bridgehead atoms. The van der Waals surface area contributed by atoms with Gasteiger partial charge in [0.05, 0.1) is 10.6 Å². The van der Waals surface area contributed by atoms with Gasteiger partial charge in [0.2, 0.25) is 0 Å². The van der Waals surface area contributed by atoms with E-state index in [2.05, 4.69) is 15.0 Å². The molecule has 0 aliphatic heterocycles. The third kappa shape index (κ3) is 2.95. The van der Waals surface area contributed by atoms with Crippen LogP contribution >= 0.6 is 11.3 Å². The molecule has 3 heterocycles. The average Bonchev–Trinajstić information content (AvgIpc) is 2.97. The highest BCUT2D eigenvalue weighted by molar-refractivity contribution is 7.18. The summed E-state index contributed by atoms with van der Waals surface area (Å²) < 4.78 is 26.3. The third-order valence-corrected chi connectivity index (χ3v) is 4.01. The zero-order valence-corrected chi connectivity index (χ0v) is 11.9. The molecule has 106 valence electrons. The number of hydrogen-bond acceptors (Lipinski definition) is 4. The number of rotatable bonds is 3. The van der Waals surface area contributed by atoms with Gasteiger partial charge in [-0.3, -0.25) is 9.97 Å². The molecular weight excluding hydrogens is 292 g/mol. The fraction of sp³-hybridized carbons (Fsp3) is 0.133. The molecule has 0 atom stereocenters. The smallest absolute Gasteiger partial charge is 0.264 e. The van der Waals surface area contributed by atoms with Crippen molar-refractivity contribution in [1.82, 2.24) is 15.0 Å². The zero-order chi connectivity index (χ0) is 14.9. The highest BCUT2D eigenvalue weighted by Gasteiger charge is 2.24. The molecule has 3 aromatic heterocycles. The average molecular weight is 303 g/mol. The Hall–Kier alpha value is -2.21. The molecule has 0 aliphatic carbocycles. The summed E-state index contributed by atoms with van der Waals surface area (Å²) in [5, 5.41) is 0.824. The molecule has 21 heavy (non-hydrogen) atoms. The number of pyridine rings is 2. The van der Waals surface area contributed by atoms with Gasteiger partial charge < -0.3 is 0 Å². The molecule has 3 rings (SSSR count). The highest BCUT2D eigenvalue weighted by Crippen LogP contribution is 2.32. The normalized spacial score (nSPS) is 11.6. The van der Waals surface area contributed by atoms with Crippen LogP contribution in [0.1, 0.15) is 12.5 Å². The molecule has 0 spiro atoms. The third-order valence-electron chi connectivity index (χ3n) is 2.94. The molecule has 0 amide bonds. The van der Waals surface area contributed by atoms with Gasteiger partial charge in [-0.25, -0.2) is 13.8 Å². The van der Waals surface area contributed by atoms with Crippen molar-refractivity contribution < 1.29 is 8.78 Å². The molecule has 6 heteroatoms. The Morgan fingerprint density at radius 1 is 1.05 bits per heavy atom. The fourth-order valence-electron chi connectivity index (χ4n) is 1.81. The lowest BCUT2D eigenvalue weighted by Gasteiger charge is -2.09. The van der Waals surface area contributed by atoms with E-state index in [4.69, 9.17) is 0 Å². The molecule has 0 aromatic carbocycles. The molecular formula is C15H11F2N3S. The first-order valence-corrected chi connectivity index (χ1v) is 7.06. The molecule has 0 fully saturated rings. The van der Waals surface area contributed by atoms with Gasteiger partial charge in [0.25, 0.3) is 5.92 Å². The first-order chi connectivity index (χ1) is 10.0. The maximum atomic E-state index is 13.2. The Morgan fingerprint density at radius 3 is 2.52 bits per heavy atom. The molecule has 0 radical (unpaired) electrons. The van der Waals surface area contributed by atoms with Gasteiger partial charge in [-0.05, 0) is 24.3 Å². The molecule has 0 N–H and O–H groups in total. The second-order valence-corrected chi connectivity index (χ2v) is 5.62. The van der Waals surface area contributed by atoms with Crippen molar-refractivity contribution in [1.29, 1.82) is 0 Å². The van der Waals surface area contributed by atoms with Gasteiger partial charge in [-0.1, -0.05) is 0 Å². The van der Waals surface area contributed by atoms with Crippen molar-refractivity contribution in [2.45, 2.75) is 12.8 Å². The predicted molar refractivity (Wildman–Crippen MR) is 78.1 cm³/mol. The summed E-state index contributed by atoms with van der Waals surface area (Å²) >= 11 is 1.45. The van der Waals surface area contributed by atoms with Gasteiger partial charge in [0.15, 0.2) is 0 Å². The van der Waals surface area contributed by atoms with Gasteiger partial charge >= 0.3 is 0 Å². The molecule has 0 unspecified atom stereocenters. The minimum Gasteiger partial charge on any atom is -0.264 e. The Kier molecular flexibility index (Phi) is 3.47. The topological polar surface area (TPSA) is 38.7 Å². The molecule has 3 aromatic rings. The van der Waals surface area contributed by atoms with Crippen LogP contribution in [0, 0.1) is 0 Å². The Labute approximate surface area is 124 Å². The number of thiazole rings is 1. The molecule has 3 nitrogen and oxygen atoms in total. The Morgan fingerprint density at radius 2 is 1.90 bits per heavy atom. The van der Waals surface area contributed by atoms with E-state index in [-0.39, 0.29) is 5.56 Å². The van der Waals surface area contributed by atoms with Crippen LogP contribution in [0.5, 0.6) is 0 Å². The van der Waals surface area contributed by atoms with Gasteiger partial charge in [0.1, 0.15) is 5.01 Å². The summed E-state index contributed by atoms with van der Waals surface area (Å²) in [5.74, 6) is -2.87. The van der Waals surface area contributed by atoms with E-state index in [0.717, 1.165) is 22.4 Å². The highest BCUT2D eigenvalue weighted by atomic mass is 32.1. The van der Waals surface area contributed by atoms with Crippen molar-refractivity contribution in [2.24, 2.45) is 0 Å². The molecule has 0 saturated carbocycles. The van der Waals surface area contributed by atoms with Crippen molar-refractivity contribution >= 4 is 11.3 Å². The monoisotopic (exact) mass is 303 g/mol. The number of aromatic nitrogens is 3. The van der Waals surface area contributed by atoms with Gasteiger partial charge in [-0.2, -0.15) is 0 Å². The maximum Gasteiger partial charge on any atom is 0.272 e. The number of hydrogen-bond donors (Lipinski definition) is 0. The minimum atomic E-state index is -2.87. The zero-order valence-electron chi connectivity index (χ0n) is 11.1. The second kappa shape index (κ2) is 5.29. The van der Waals surface area contributed by atoms with Crippen molar-refractivity contribution in [3.63, 3.8) is 0 Å². The van der Waals surface area contributed by atoms with E-state index >= 15 is 0 Å². The van der Waals surface area contributed by atoms with Crippen LogP contribution in [-0.4, -0.2) is 15.0 Å². The molecule has 0 saturated heterocycles. The largest absolute Gasteiger partial charge is 0.272 e. The summed E-state index contributed by atoms with van der Waals surface area (Å²) in [5.41, 5.74) is 1.46. The predicted octanol–water partition coefficient (Wildman–Crippen LogP) is 4.38. The summed E-state index contributed by atoms with van der Waals surface area (Å²) in [6.45, 7) is 0.858. The number of nitrogens with zero attached hydrogens (tertiary/aromatic N) is 3. The van der Waals surface area contributed by atoms with Crippen LogP contribution in [-0.2, 0) is 5.92 Å². The van der Waals surface area contributed by atoms with Crippen LogP contribution < -0.4 is 0 Å². The van der Waals surface area contributed by atoms with Gasteiger partial charge in [-0.15, -0.1) is 11.3 Å². The van der Waals surface area contributed by atoms with Crippen molar-refractivity contribution in [2.75, 3.05) is 0 Å². The first-order valence-electron chi connectivity index (χ1n) is 6.25. The minimum absolute atomic E-state index is 0.0942. The van der Waals surface area contributed by atoms with E-state index < -0.39 is 5.92 Å². The van der Waals surface area contributed by atoms with E-state index in [9.17, 15) is 8.78 Å². The Balaban J connectivity index is 1.90. The summed E-state index contributed by atoms with van der Waals surface area (Å²) in [4.78, 5) is 13.3. The van der Waals surface area contributed by atoms with Crippen molar-refractivity contribution in [3.8, 4) is 21.1 Å². The fourth-order valence-corrected chi connectivity index (χ4v) is 2.70. The first kappa shape index (κ1) is 13.8. The van der Waals surface area contributed by atoms with Crippen LogP contribution in [0.25, 0.3) is 21.1 Å². The summed E-state index contributed by atoms with van der Waals surface area (Å²) in [7, 11) is 0. The van der Waals surface area contributed by atoms with Crippen LogP contribution in [0.15, 0.2) is 49.1 Å². The standard InChI is InChI=1S/C15H11F2N3S/c1-15(16,17)11-4-5-12(19-8-11)13-9-20-14(21-13)10-3-2-6-18-7-10/h2-9H,1H3. The Bertz CT molecular complexity index is 734. The molecule has 0 aliphatic rings. The summed E-state index contributed by atoms with van der Waals surface area (Å²) in [6, 6.07) is 6.75. The van der Waals surface area contributed by atoms with E-state index in [1.807, 2.05) is 12.1 Å². The SMILES string of the molecule is CC(F)(F)c1ccc(-c2cnc(-c3cccnc3)s2)nc1. The maximum absolute atomic E-state index is 13.2. The number of halogens is 2. The number of alkyl halides is 2. The van der Waals surface area contributed by atoms with E-state index in [0.29, 0.717) is 5.69 Å². The van der Waals surface area contributed by atoms with Crippen LogP contribution in [0.4, 0.5) is 8.78 Å². The lowest BCUT2D eigenvalue weighted by Crippen LogP contribution is -2.07. The lowest BCUT2D eigenvalue weighted by atomic mass is 10.1. The van der Waals surface area contributed by atoms with E-state index in [1.54, 1.807) is 24.7 Å². The van der Waals surface area contributed by atoms with Crippen LogP contribution in [0.2, 0.25) is 0 Å². The van der Waals surface area contributed by atoms with Crippen LogP contribution in [0.3, 0.4) is 0 Å². The van der Waals surface area contributed by atoms with Gasteiger partial charge in [0, 0.05) is 42.8 Å². The van der Waals surface area contributed by atoms with Crippen molar-refractivity contribution in [3.05, 3.63) is 54.6 Å². The second-order valence-electron chi connectivity index (χ2n) is 4.59. The summed E-state index contributed by atoms with van der Waals surface area (Å²) in [6.07, 6.45) is 6.33. The van der Waals surface area contributed by atoms with E-state index in [1.165, 1.54) is 23.6 Å². The lowest BCUT2D eigenvalue weighted by molar-refractivity contribution is 0.0171. The quantitative estimate of drug-likeness (QED) is 0.721.